The number of pyridine rings is 1. The number of aromatic nitrogens is 1. The highest BCUT2D eigenvalue weighted by atomic mass is 16.1. The number of hydrogen-bond donors (Lipinski definition) is 1. The van der Waals surface area contributed by atoms with Crippen LogP contribution in [0.2, 0.25) is 0 Å². The normalized spacial score (nSPS) is 19.2. The number of likely N-dealkylation sites (tertiary alicyclic amines) is 1. The maximum Gasteiger partial charge on any atom is 0.251 e. The molecule has 3 aliphatic rings. The summed E-state index contributed by atoms with van der Waals surface area (Å²) in [5.41, 5.74) is 9.28. The molecular formula is C21H24N2O. The monoisotopic (exact) mass is 320 g/mol. The molecule has 1 N–H and O–H groups in total. The third-order valence-corrected chi connectivity index (χ3v) is 6.14. The second-order valence-corrected chi connectivity index (χ2v) is 7.58. The maximum atomic E-state index is 12.5. The Hall–Kier alpha value is -1.87. The van der Waals surface area contributed by atoms with Crippen LogP contribution < -0.4 is 5.56 Å². The van der Waals surface area contributed by atoms with Gasteiger partial charge in [-0.15, -0.1) is 0 Å². The highest BCUT2D eigenvalue weighted by molar-refractivity contribution is 5.76. The zero-order valence-electron chi connectivity index (χ0n) is 14.2. The van der Waals surface area contributed by atoms with E-state index in [1.807, 2.05) is 0 Å². The molecule has 0 radical (unpaired) electrons. The molecule has 0 bridgehead atoms. The topological polar surface area (TPSA) is 36.1 Å². The van der Waals surface area contributed by atoms with E-state index in [2.05, 4.69) is 28.1 Å². The number of H-pyrrole nitrogens is 1. The molecule has 24 heavy (non-hydrogen) atoms. The molecule has 0 spiro atoms. The van der Waals surface area contributed by atoms with Gasteiger partial charge in [0, 0.05) is 24.1 Å². The Bertz CT molecular complexity index is 859. The molecule has 2 aromatic rings. The summed E-state index contributed by atoms with van der Waals surface area (Å²) in [5.74, 6) is 0. The third kappa shape index (κ3) is 2.18. The van der Waals surface area contributed by atoms with E-state index in [0.717, 1.165) is 43.5 Å². The molecule has 0 saturated carbocycles. The molecule has 3 nitrogen and oxygen atoms in total. The van der Waals surface area contributed by atoms with Crippen molar-refractivity contribution in [2.24, 2.45) is 0 Å². The summed E-state index contributed by atoms with van der Waals surface area (Å²) < 4.78 is 0. The molecule has 3 heteroatoms. The summed E-state index contributed by atoms with van der Waals surface area (Å²) >= 11 is 0. The van der Waals surface area contributed by atoms with Crippen molar-refractivity contribution in [3.8, 4) is 11.3 Å². The largest absolute Gasteiger partial charge is 0.321 e. The lowest BCUT2D eigenvalue weighted by molar-refractivity contribution is 0.330. The second kappa shape index (κ2) is 5.59. The van der Waals surface area contributed by atoms with E-state index in [4.69, 9.17) is 0 Å². The zero-order valence-corrected chi connectivity index (χ0v) is 14.2. The van der Waals surface area contributed by atoms with Crippen LogP contribution in [0.25, 0.3) is 11.3 Å². The van der Waals surface area contributed by atoms with Crippen LogP contribution in [0.4, 0.5) is 0 Å². The van der Waals surface area contributed by atoms with Crippen molar-refractivity contribution in [2.75, 3.05) is 13.1 Å². The molecular weight excluding hydrogens is 296 g/mol. The Morgan fingerprint density at radius 2 is 1.71 bits per heavy atom. The van der Waals surface area contributed by atoms with E-state index in [0.29, 0.717) is 0 Å². The Morgan fingerprint density at radius 1 is 0.917 bits per heavy atom. The van der Waals surface area contributed by atoms with Gasteiger partial charge in [0.15, 0.2) is 0 Å². The lowest BCUT2D eigenvalue weighted by Crippen LogP contribution is -2.21. The van der Waals surface area contributed by atoms with E-state index in [1.165, 1.54) is 60.2 Å². The average Bonchev–Trinajstić information content (AvgIpc) is 3.24. The van der Waals surface area contributed by atoms with Gasteiger partial charge in [-0.1, -0.05) is 18.2 Å². The van der Waals surface area contributed by atoms with Gasteiger partial charge >= 0.3 is 0 Å². The lowest BCUT2D eigenvalue weighted by atomic mass is 9.88. The Morgan fingerprint density at radius 3 is 2.54 bits per heavy atom. The number of fused-ring (bicyclic) bond motifs is 5. The minimum atomic E-state index is 0.154. The van der Waals surface area contributed by atoms with Crippen molar-refractivity contribution in [3.63, 3.8) is 0 Å². The van der Waals surface area contributed by atoms with Gasteiger partial charge in [-0.2, -0.15) is 0 Å². The molecule has 0 unspecified atom stereocenters. The third-order valence-electron chi connectivity index (χ3n) is 6.14. The van der Waals surface area contributed by atoms with Crippen LogP contribution in [0, 0.1) is 0 Å². The minimum Gasteiger partial charge on any atom is -0.321 e. The maximum absolute atomic E-state index is 12.5. The van der Waals surface area contributed by atoms with Crippen LogP contribution in [0.5, 0.6) is 0 Å². The summed E-state index contributed by atoms with van der Waals surface area (Å²) in [7, 11) is 0. The van der Waals surface area contributed by atoms with Gasteiger partial charge in [0.05, 0.1) is 5.69 Å². The quantitative estimate of drug-likeness (QED) is 0.785. The number of aromatic amines is 1. The SMILES string of the molecule is O=c1[nH]c2c(c3c1CCCC3)Cc1c(CN3CCCC3)cccc1-2. The van der Waals surface area contributed by atoms with Crippen LogP contribution in [0.15, 0.2) is 23.0 Å². The van der Waals surface area contributed by atoms with Gasteiger partial charge in [-0.3, -0.25) is 9.69 Å². The lowest BCUT2D eigenvalue weighted by Gasteiger charge is -2.18. The van der Waals surface area contributed by atoms with Crippen molar-refractivity contribution in [3.05, 3.63) is 56.4 Å². The predicted octanol–water partition coefficient (Wildman–Crippen LogP) is 3.42. The summed E-state index contributed by atoms with van der Waals surface area (Å²) in [4.78, 5) is 18.3. The number of rotatable bonds is 2. The van der Waals surface area contributed by atoms with Gasteiger partial charge in [0.1, 0.15) is 0 Å². The first-order valence-electron chi connectivity index (χ1n) is 9.41. The number of nitrogens with zero attached hydrogens (tertiary/aromatic N) is 1. The fourth-order valence-corrected chi connectivity index (χ4v) is 4.91. The molecule has 1 fully saturated rings. The Kier molecular flexibility index (Phi) is 3.37. The molecule has 1 saturated heterocycles. The molecule has 5 rings (SSSR count). The molecule has 1 aromatic carbocycles. The van der Waals surface area contributed by atoms with E-state index >= 15 is 0 Å². The van der Waals surface area contributed by atoms with Gasteiger partial charge in [0.2, 0.25) is 0 Å². The van der Waals surface area contributed by atoms with E-state index in [1.54, 1.807) is 0 Å². The summed E-state index contributed by atoms with van der Waals surface area (Å²) in [6, 6.07) is 6.64. The van der Waals surface area contributed by atoms with Crippen molar-refractivity contribution >= 4 is 0 Å². The molecule has 2 heterocycles. The van der Waals surface area contributed by atoms with Gasteiger partial charge < -0.3 is 4.98 Å². The zero-order chi connectivity index (χ0) is 16.1. The molecule has 2 aliphatic carbocycles. The Balaban J connectivity index is 1.60. The molecule has 0 atom stereocenters. The van der Waals surface area contributed by atoms with Crippen LogP contribution in [-0.4, -0.2) is 23.0 Å². The first kappa shape index (κ1) is 14.5. The van der Waals surface area contributed by atoms with Crippen molar-refractivity contribution < 1.29 is 0 Å². The minimum absolute atomic E-state index is 0.154. The van der Waals surface area contributed by atoms with Crippen LogP contribution >= 0.6 is 0 Å². The highest BCUT2D eigenvalue weighted by Gasteiger charge is 2.28. The molecule has 124 valence electrons. The fraction of sp³-hybridized carbons (Fsp3) is 0.476. The molecule has 1 aromatic heterocycles. The van der Waals surface area contributed by atoms with E-state index in [9.17, 15) is 4.79 Å². The number of hydrogen-bond acceptors (Lipinski definition) is 2. The van der Waals surface area contributed by atoms with Crippen LogP contribution in [0.1, 0.15) is 53.5 Å². The van der Waals surface area contributed by atoms with Gasteiger partial charge in [-0.25, -0.2) is 0 Å². The standard InChI is InChI=1S/C21H24N2O/c24-21-17-8-2-1-7-15(17)19-12-18-14(13-23-10-3-4-11-23)6-5-9-16(18)20(19)22-21/h5-6,9H,1-4,7-8,10-13H2,(H,22,24). The van der Waals surface area contributed by atoms with Crippen molar-refractivity contribution in [2.45, 2.75) is 51.5 Å². The second-order valence-electron chi connectivity index (χ2n) is 7.58. The van der Waals surface area contributed by atoms with Crippen LogP contribution in [-0.2, 0) is 25.8 Å². The van der Waals surface area contributed by atoms with Crippen molar-refractivity contribution in [1.82, 2.24) is 9.88 Å². The fourth-order valence-electron chi connectivity index (χ4n) is 4.91. The number of nitrogens with one attached hydrogen (secondary N) is 1. The van der Waals surface area contributed by atoms with E-state index in [-0.39, 0.29) is 5.56 Å². The highest BCUT2D eigenvalue weighted by Crippen LogP contribution is 2.40. The predicted molar refractivity (Wildman–Crippen MR) is 96.5 cm³/mol. The smallest absolute Gasteiger partial charge is 0.251 e. The van der Waals surface area contributed by atoms with Gasteiger partial charge in [-0.05, 0) is 73.9 Å². The summed E-state index contributed by atoms with van der Waals surface area (Å²) in [5, 5.41) is 0. The van der Waals surface area contributed by atoms with Gasteiger partial charge in [0.25, 0.3) is 5.56 Å². The van der Waals surface area contributed by atoms with E-state index < -0.39 is 0 Å². The van der Waals surface area contributed by atoms with Crippen LogP contribution in [0.3, 0.4) is 0 Å². The molecule has 1 aliphatic heterocycles. The Labute approximate surface area is 142 Å². The average molecular weight is 320 g/mol. The first-order valence-corrected chi connectivity index (χ1v) is 9.41. The first-order chi connectivity index (χ1) is 11.8. The summed E-state index contributed by atoms with van der Waals surface area (Å²) in [6.45, 7) is 3.51. The number of benzene rings is 1. The van der Waals surface area contributed by atoms with Crippen molar-refractivity contribution in [1.29, 1.82) is 0 Å². The summed E-state index contributed by atoms with van der Waals surface area (Å²) in [6.07, 6.45) is 8.08. The molecule has 0 amide bonds.